The Balaban J connectivity index is 1.79. The van der Waals surface area contributed by atoms with Gasteiger partial charge in [0.15, 0.2) is 19.7 Å². The molecular formula is C38H53BrO5Si2. The van der Waals surface area contributed by atoms with Gasteiger partial charge >= 0.3 is 5.97 Å². The van der Waals surface area contributed by atoms with Crippen molar-refractivity contribution in [2.24, 2.45) is 11.3 Å². The Labute approximate surface area is 287 Å². The van der Waals surface area contributed by atoms with Gasteiger partial charge in [-0.2, -0.15) is 0 Å². The van der Waals surface area contributed by atoms with Crippen molar-refractivity contribution in [1.29, 1.82) is 0 Å². The first-order valence-corrected chi connectivity index (χ1v) is 21.9. The van der Waals surface area contributed by atoms with Crippen molar-refractivity contribution in [1.82, 2.24) is 0 Å². The maximum atomic E-state index is 13.1. The van der Waals surface area contributed by atoms with Crippen LogP contribution >= 0.6 is 15.9 Å². The van der Waals surface area contributed by atoms with Gasteiger partial charge in [-0.3, -0.25) is 0 Å². The third kappa shape index (κ3) is 6.57. The van der Waals surface area contributed by atoms with E-state index in [9.17, 15) is 4.79 Å². The summed E-state index contributed by atoms with van der Waals surface area (Å²) in [6.07, 6.45) is 7.06. The molecule has 0 N–H and O–H groups in total. The summed E-state index contributed by atoms with van der Waals surface area (Å²) in [5.41, 5.74) is -0.520. The Kier molecular flexibility index (Phi) is 10.6. The maximum Gasteiger partial charge on any atom is 0.349 e. The Bertz CT molecular complexity index is 1450. The van der Waals surface area contributed by atoms with Crippen LogP contribution in [0.5, 0.6) is 0 Å². The fourth-order valence-electron chi connectivity index (χ4n) is 6.77. The van der Waals surface area contributed by atoms with Crippen LogP contribution in [0.15, 0.2) is 94.7 Å². The van der Waals surface area contributed by atoms with Gasteiger partial charge in [0.1, 0.15) is 4.48 Å². The topological polar surface area (TPSA) is 54.0 Å². The summed E-state index contributed by atoms with van der Waals surface area (Å²) in [6.45, 7) is 23.4. The Morgan fingerprint density at radius 3 is 1.96 bits per heavy atom. The minimum Gasteiger partial charge on any atom is -0.495 e. The van der Waals surface area contributed by atoms with E-state index in [0.717, 1.165) is 0 Å². The number of methoxy groups -OCH3 is 1. The predicted octanol–water partition coefficient (Wildman–Crippen LogP) is 8.66. The van der Waals surface area contributed by atoms with Gasteiger partial charge in [0, 0.05) is 6.42 Å². The summed E-state index contributed by atoms with van der Waals surface area (Å²) >= 11 is 3.48. The van der Waals surface area contributed by atoms with E-state index >= 15 is 0 Å². The fourth-order valence-corrected chi connectivity index (χ4v) is 12.8. The molecule has 1 aliphatic carbocycles. The molecule has 0 saturated carbocycles. The molecule has 0 fully saturated rings. The van der Waals surface area contributed by atoms with Crippen LogP contribution in [0, 0.1) is 11.3 Å². The smallest absolute Gasteiger partial charge is 0.349 e. The van der Waals surface area contributed by atoms with Crippen LogP contribution in [0.2, 0.25) is 23.2 Å². The van der Waals surface area contributed by atoms with E-state index in [4.69, 9.17) is 18.3 Å². The first kappa shape index (κ1) is 36.6. The highest BCUT2D eigenvalue weighted by Gasteiger charge is 2.61. The van der Waals surface area contributed by atoms with Gasteiger partial charge in [-0.1, -0.05) is 127 Å². The molecule has 2 aromatic carbocycles. The van der Waals surface area contributed by atoms with Crippen molar-refractivity contribution < 1.29 is 23.1 Å². The minimum absolute atomic E-state index is 0.0690. The Morgan fingerprint density at radius 2 is 1.48 bits per heavy atom. The number of benzene rings is 2. The first-order chi connectivity index (χ1) is 21.4. The van der Waals surface area contributed by atoms with E-state index in [1.165, 1.54) is 15.9 Å². The van der Waals surface area contributed by atoms with Crippen LogP contribution in [0.1, 0.15) is 61.8 Å². The van der Waals surface area contributed by atoms with Gasteiger partial charge in [-0.05, 0) is 67.9 Å². The van der Waals surface area contributed by atoms with Gasteiger partial charge in [0.2, 0.25) is 0 Å². The largest absolute Gasteiger partial charge is 0.495 e. The predicted molar refractivity (Wildman–Crippen MR) is 198 cm³/mol. The molecule has 0 bridgehead atoms. The van der Waals surface area contributed by atoms with Gasteiger partial charge in [0.05, 0.1) is 25.7 Å². The van der Waals surface area contributed by atoms with Crippen molar-refractivity contribution in [3.8, 4) is 0 Å². The molecular weight excluding hydrogens is 672 g/mol. The van der Waals surface area contributed by atoms with Crippen molar-refractivity contribution >= 4 is 48.9 Å². The molecule has 0 saturated heterocycles. The number of halogens is 1. The molecule has 2 aromatic rings. The second kappa shape index (κ2) is 13.3. The van der Waals surface area contributed by atoms with Gasteiger partial charge in [0.25, 0.3) is 8.32 Å². The number of ether oxygens (including phenoxy) is 2. The molecule has 46 heavy (non-hydrogen) atoms. The zero-order valence-electron chi connectivity index (χ0n) is 29.6. The summed E-state index contributed by atoms with van der Waals surface area (Å²) in [7, 11) is -3.10. The molecule has 4 rings (SSSR count). The molecule has 8 heteroatoms. The fraction of sp³-hybridized carbons (Fsp3) is 0.500. The highest BCUT2D eigenvalue weighted by atomic mass is 79.9. The lowest BCUT2D eigenvalue weighted by molar-refractivity contribution is -0.158. The molecule has 1 spiro atoms. The summed E-state index contributed by atoms with van der Waals surface area (Å²) in [5.74, 6) is 0.200. The Morgan fingerprint density at radius 1 is 0.935 bits per heavy atom. The van der Waals surface area contributed by atoms with E-state index in [2.05, 4.69) is 163 Å². The molecule has 0 unspecified atom stereocenters. The Hall–Kier alpha value is -2.24. The molecule has 0 amide bonds. The minimum atomic E-state index is -2.76. The van der Waals surface area contributed by atoms with E-state index in [1.807, 2.05) is 0 Å². The average molecular weight is 726 g/mol. The number of esters is 1. The van der Waals surface area contributed by atoms with Crippen LogP contribution in [0.4, 0.5) is 0 Å². The number of rotatable bonds is 10. The third-order valence-electron chi connectivity index (χ3n) is 10.5. The standard InChI is InChI=1S/C38H53BrO5Si2/c1-28-25-38(33(41-9)32(39)34(40)44-38)37(8,23-18-24-42-45(10,11)35(2,3)4)26-29(28)27-43-46(36(5,6)7,30-19-14-12-15-20-30)31-21-16-13-17-22-31/h12-23,26,28H,24-25,27H2,1-11H3/b23-18+/t28-,37-,38-/m0/s1. The van der Waals surface area contributed by atoms with Crippen LogP contribution in [0.25, 0.3) is 0 Å². The SMILES string of the molecule is COC1=C(Br)C(=O)O[C@@]12C[C@H](C)C(CO[Si](c1ccccc1)(c1ccccc1)C(C)(C)C)=C[C@]2(C)/C=C/CO[Si](C)(C)C(C)(C)C. The lowest BCUT2D eigenvalue weighted by Crippen LogP contribution is -2.66. The zero-order chi connectivity index (χ0) is 34.2. The molecule has 250 valence electrons. The molecule has 1 heterocycles. The summed E-state index contributed by atoms with van der Waals surface area (Å²) in [6, 6.07) is 21.5. The lowest BCUT2D eigenvalue weighted by atomic mass is 9.62. The van der Waals surface area contributed by atoms with Crippen LogP contribution in [0.3, 0.4) is 0 Å². The van der Waals surface area contributed by atoms with Crippen molar-refractivity contribution in [3.05, 3.63) is 94.7 Å². The second-order valence-corrected chi connectivity index (χ2v) is 25.5. The molecule has 0 radical (unpaired) electrons. The van der Waals surface area contributed by atoms with E-state index in [1.54, 1.807) is 7.11 Å². The summed E-state index contributed by atoms with van der Waals surface area (Å²) in [5, 5.41) is 2.46. The number of hydrogen-bond donors (Lipinski definition) is 0. The maximum absolute atomic E-state index is 13.1. The highest BCUT2D eigenvalue weighted by molar-refractivity contribution is 9.12. The van der Waals surface area contributed by atoms with Crippen LogP contribution < -0.4 is 10.4 Å². The molecule has 1 aliphatic heterocycles. The molecule has 2 aliphatic rings. The number of carbonyl (C=O) groups is 1. The van der Waals surface area contributed by atoms with Crippen LogP contribution in [-0.4, -0.2) is 48.5 Å². The van der Waals surface area contributed by atoms with Gasteiger partial charge < -0.3 is 18.3 Å². The van der Waals surface area contributed by atoms with Crippen LogP contribution in [-0.2, 0) is 23.1 Å². The normalized spacial score (nSPS) is 24.5. The van der Waals surface area contributed by atoms with Crippen molar-refractivity contribution in [2.45, 2.75) is 90.6 Å². The van der Waals surface area contributed by atoms with E-state index < -0.39 is 33.6 Å². The third-order valence-corrected chi connectivity index (χ3v) is 20.6. The molecule has 0 aromatic heterocycles. The zero-order valence-corrected chi connectivity index (χ0v) is 33.2. The lowest BCUT2D eigenvalue weighted by Gasteiger charge is -2.49. The summed E-state index contributed by atoms with van der Waals surface area (Å²) in [4.78, 5) is 13.1. The number of hydrogen-bond acceptors (Lipinski definition) is 5. The highest BCUT2D eigenvalue weighted by Crippen LogP contribution is 2.56. The van der Waals surface area contributed by atoms with Crippen molar-refractivity contribution in [3.63, 3.8) is 0 Å². The summed E-state index contributed by atoms with van der Waals surface area (Å²) < 4.78 is 26.4. The molecule has 3 atom stereocenters. The molecule has 5 nitrogen and oxygen atoms in total. The number of carbonyl (C=O) groups excluding carboxylic acids is 1. The van der Waals surface area contributed by atoms with E-state index in [-0.39, 0.29) is 16.0 Å². The first-order valence-electron chi connectivity index (χ1n) is 16.3. The quantitative estimate of drug-likeness (QED) is 0.140. The average Bonchev–Trinajstić information content (AvgIpc) is 3.23. The van der Waals surface area contributed by atoms with Gasteiger partial charge in [-0.25, -0.2) is 4.79 Å². The van der Waals surface area contributed by atoms with E-state index in [0.29, 0.717) is 29.9 Å². The second-order valence-electron chi connectivity index (χ2n) is 15.6. The van der Waals surface area contributed by atoms with Gasteiger partial charge in [-0.15, -0.1) is 0 Å². The monoisotopic (exact) mass is 724 g/mol. The van der Waals surface area contributed by atoms with Crippen molar-refractivity contribution in [2.75, 3.05) is 20.3 Å².